The standard InChI is InChI=1S/C41H27NS2/c1-26(9-8-20-42)29-21-30(23-31(22-29)28-17-19-40-41(25-28)44-39-15-7-6-14-38(39)43-40)27-16-18-36-34-12-3-2-10-32(34)33-11-4-5-13-35(33)37(36)24-27/h2-25,42H,1H2/b9-8-,42-20?. The van der Waals surface area contributed by atoms with E-state index in [0.29, 0.717) is 0 Å². The molecule has 0 radical (unpaired) electrons. The number of hydrogen-bond donors (Lipinski definition) is 1. The minimum Gasteiger partial charge on any atom is -0.309 e. The molecule has 3 heteroatoms. The molecule has 0 bridgehead atoms. The second kappa shape index (κ2) is 11.0. The first kappa shape index (κ1) is 26.8. The van der Waals surface area contributed by atoms with E-state index in [2.05, 4.69) is 134 Å². The molecule has 0 fully saturated rings. The van der Waals surface area contributed by atoms with Gasteiger partial charge in [-0.1, -0.05) is 115 Å². The molecule has 0 amide bonds. The smallest absolute Gasteiger partial charge is 0.0268 e. The monoisotopic (exact) mass is 597 g/mol. The lowest BCUT2D eigenvalue weighted by molar-refractivity contribution is 1.16. The molecule has 1 heterocycles. The van der Waals surface area contributed by atoms with Gasteiger partial charge in [0.25, 0.3) is 0 Å². The molecular weight excluding hydrogens is 571 g/mol. The third-order valence-electron chi connectivity index (χ3n) is 8.34. The second-order valence-corrected chi connectivity index (χ2v) is 13.2. The van der Waals surface area contributed by atoms with Gasteiger partial charge in [0.05, 0.1) is 0 Å². The van der Waals surface area contributed by atoms with Crippen molar-refractivity contribution in [2.24, 2.45) is 0 Å². The Balaban J connectivity index is 1.30. The summed E-state index contributed by atoms with van der Waals surface area (Å²) in [6.07, 6.45) is 4.93. The normalized spacial score (nSPS) is 12.5. The number of fused-ring (bicyclic) bond motifs is 8. The van der Waals surface area contributed by atoms with Crippen LogP contribution in [0.5, 0.6) is 0 Å². The number of hydrogen-bond acceptors (Lipinski definition) is 3. The zero-order chi connectivity index (χ0) is 29.6. The van der Waals surface area contributed by atoms with Crippen molar-refractivity contribution in [2.45, 2.75) is 19.6 Å². The van der Waals surface area contributed by atoms with Crippen LogP contribution in [0.15, 0.2) is 166 Å². The molecule has 1 aliphatic heterocycles. The van der Waals surface area contributed by atoms with Gasteiger partial charge in [-0.15, -0.1) is 0 Å². The van der Waals surface area contributed by atoms with E-state index in [1.54, 1.807) is 6.08 Å². The highest BCUT2D eigenvalue weighted by atomic mass is 32.2. The van der Waals surface area contributed by atoms with E-state index >= 15 is 0 Å². The Morgan fingerprint density at radius 1 is 0.477 bits per heavy atom. The zero-order valence-electron chi connectivity index (χ0n) is 23.9. The molecule has 7 aromatic carbocycles. The lowest BCUT2D eigenvalue weighted by Crippen LogP contribution is -1.92. The minimum atomic E-state index is 0.880. The first-order chi connectivity index (χ1) is 21.7. The van der Waals surface area contributed by atoms with Crippen molar-refractivity contribution in [2.75, 3.05) is 0 Å². The van der Waals surface area contributed by atoms with E-state index in [4.69, 9.17) is 5.41 Å². The van der Waals surface area contributed by atoms with Crippen molar-refractivity contribution in [3.63, 3.8) is 0 Å². The molecular formula is C41H27NS2. The van der Waals surface area contributed by atoms with E-state index in [1.807, 2.05) is 29.6 Å². The predicted octanol–water partition coefficient (Wildman–Crippen LogP) is 12.3. The fourth-order valence-electron chi connectivity index (χ4n) is 6.20. The van der Waals surface area contributed by atoms with E-state index < -0.39 is 0 Å². The maximum atomic E-state index is 7.50. The van der Waals surface area contributed by atoms with Crippen LogP contribution in [0, 0.1) is 5.41 Å². The first-order valence-electron chi connectivity index (χ1n) is 14.6. The highest BCUT2D eigenvalue weighted by Gasteiger charge is 2.18. The summed E-state index contributed by atoms with van der Waals surface area (Å²) in [7, 11) is 0. The van der Waals surface area contributed by atoms with Crippen molar-refractivity contribution in [3.05, 3.63) is 152 Å². The van der Waals surface area contributed by atoms with Gasteiger partial charge < -0.3 is 5.41 Å². The maximum Gasteiger partial charge on any atom is 0.0268 e. The quantitative estimate of drug-likeness (QED) is 0.121. The van der Waals surface area contributed by atoms with Gasteiger partial charge in [-0.25, -0.2) is 0 Å². The van der Waals surface area contributed by atoms with Crippen LogP contribution in [0.4, 0.5) is 0 Å². The summed E-state index contributed by atoms with van der Waals surface area (Å²) in [5.41, 5.74) is 6.57. The lowest BCUT2D eigenvalue weighted by Gasteiger charge is -2.19. The second-order valence-electron chi connectivity index (χ2n) is 11.0. The molecule has 7 aromatic rings. The molecule has 1 aliphatic rings. The molecule has 44 heavy (non-hydrogen) atoms. The predicted molar refractivity (Wildman–Crippen MR) is 191 cm³/mol. The van der Waals surface area contributed by atoms with E-state index in [0.717, 1.165) is 22.3 Å². The van der Waals surface area contributed by atoms with Crippen molar-refractivity contribution in [3.8, 4) is 22.3 Å². The van der Waals surface area contributed by atoms with Crippen LogP contribution in [0.3, 0.4) is 0 Å². The first-order valence-corrected chi connectivity index (χ1v) is 16.2. The van der Waals surface area contributed by atoms with Crippen LogP contribution in [0.25, 0.3) is 60.1 Å². The van der Waals surface area contributed by atoms with Gasteiger partial charge in [0.15, 0.2) is 0 Å². The van der Waals surface area contributed by atoms with Gasteiger partial charge in [-0.05, 0) is 120 Å². The summed E-state index contributed by atoms with van der Waals surface area (Å²) >= 11 is 3.68. The number of allylic oxidation sites excluding steroid dienone is 3. The molecule has 0 saturated heterocycles. The summed E-state index contributed by atoms with van der Waals surface area (Å²) in [4.78, 5) is 5.19. The van der Waals surface area contributed by atoms with Crippen LogP contribution in [-0.2, 0) is 0 Å². The van der Waals surface area contributed by atoms with Crippen LogP contribution < -0.4 is 0 Å². The summed E-state index contributed by atoms with van der Waals surface area (Å²) in [6, 6.07) is 46.5. The van der Waals surface area contributed by atoms with Gasteiger partial charge >= 0.3 is 0 Å². The molecule has 0 atom stereocenters. The topological polar surface area (TPSA) is 23.9 Å². The summed E-state index contributed by atoms with van der Waals surface area (Å²) in [6.45, 7) is 4.35. The number of rotatable bonds is 5. The average molecular weight is 598 g/mol. The van der Waals surface area contributed by atoms with E-state index in [-0.39, 0.29) is 0 Å². The molecule has 0 unspecified atom stereocenters. The summed E-state index contributed by atoms with van der Waals surface area (Å²) in [5, 5.41) is 15.1. The van der Waals surface area contributed by atoms with Gasteiger partial charge in [0, 0.05) is 25.8 Å². The molecule has 1 nitrogen and oxygen atoms in total. The van der Waals surface area contributed by atoms with Crippen LogP contribution in [-0.4, -0.2) is 6.21 Å². The SMILES string of the molecule is C=C(/C=C\C=N)c1cc(-c2ccc3c(c2)Sc2ccccc2S3)cc(-c2ccc3c4ccccc4c4ccccc4c3c2)c1. The highest BCUT2D eigenvalue weighted by Crippen LogP contribution is 2.49. The van der Waals surface area contributed by atoms with Crippen LogP contribution >= 0.6 is 23.5 Å². The molecule has 8 rings (SSSR count). The Bertz CT molecular complexity index is 2290. The maximum absolute atomic E-state index is 7.50. The summed E-state index contributed by atoms with van der Waals surface area (Å²) < 4.78 is 0. The van der Waals surface area contributed by atoms with Gasteiger partial charge in [-0.3, -0.25) is 0 Å². The number of benzene rings is 7. The molecule has 1 N–H and O–H groups in total. The van der Waals surface area contributed by atoms with Gasteiger partial charge in [0.1, 0.15) is 0 Å². The van der Waals surface area contributed by atoms with Crippen molar-refractivity contribution >= 4 is 67.6 Å². The molecule has 0 spiro atoms. The molecule has 0 saturated carbocycles. The van der Waals surface area contributed by atoms with Crippen molar-refractivity contribution < 1.29 is 0 Å². The van der Waals surface area contributed by atoms with Crippen LogP contribution in [0.2, 0.25) is 0 Å². The number of nitrogens with one attached hydrogen (secondary N) is 1. The summed E-state index contributed by atoms with van der Waals surface area (Å²) in [5.74, 6) is 0. The minimum absolute atomic E-state index is 0.880. The van der Waals surface area contributed by atoms with Crippen LogP contribution in [0.1, 0.15) is 5.56 Å². The Labute approximate surface area is 265 Å². The zero-order valence-corrected chi connectivity index (χ0v) is 25.5. The Kier molecular flexibility index (Phi) is 6.71. The Morgan fingerprint density at radius 2 is 0.977 bits per heavy atom. The third kappa shape index (κ3) is 4.66. The average Bonchev–Trinajstić information content (AvgIpc) is 3.09. The fourth-order valence-corrected chi connectivity index (χ4v) is 8.46. The fraction of sp³-hybridized carbons (Fsp3) is 0. The van der Waals surface area contributed by atoms with E-state index in [1.165, 1.54) is 69.2 Å². The molecule has 208 valence electrons. The van der Waals surface area contributed by atoms with E-state index in [9.17, 15) is 0 Å². The highest BCUT2D eigenvalue weighted by molar-refractivity contribution is 8.05. The van der Waals surface area contributed by atoms with Crippen molar-refractivity contribution in [1.29, 1.82) is 5.41 Å². The Morgan fingerprint density at radius 3 is 1.61 bits per heavy atom. The molecule has 0 aliphatic carbocycles. The van der Waals surface area contributed by atoms with Crippen molar-refractivity contribution in [1.82, 2.24) is 0 Å². The third-order valence-corrected chi connectivity index (χ3v) is 10.9. The molecule has 0 aromatic heterocycles. The Hall–Kier alpha value is -4.83. The van der Waals surface area contributed by atoms with Gasteiger partial charge in [-0.2, -0.15) is 0 Å². The largest absolute Gasteiger partial charge is 0.309 e. The van der Waals surface area contributed by atoms with Gasteiger partial charge in [0.2, 0.25) is 0 Å². The lowest BCUT2D eigenvalue weighted by atomic mass is 9.90.